The van der Waals surface area contributed by atoms with Crippen LogP contribution in [0.5, 0.6) is 0 Å². The topological polar surface area (TPSA) is 41.5 Å². The summed E-state index contributed by atoms with van der Waals surface area (Å²) in [6.07, 6.45) is 0. The Labute approximate surface area is 66.9 Å². The second kappa shape index (κ2) is 2.32. The molecule has 0 saturated carbocycles. The highest BCUT2D eigenvalue weighted by Gasteiger charge is 2.40. The lowest BCUT2D eigenvalue weighted by molar-refractivity contribution is -0.124. The summed E-state index contributed by atoms with van der Waals surface area (Å²) < 4.78 is 0. The molecule has 0 aliphatic carbocycles. The van der Waals surface area contributed by atoms with Crippen molar-refractivity contribution in [2.24, 2.45) is 10.9 Å². The van der Waals surface area contributed by atoms with Crippen molar-refractivity contribution in [3.8, 4) is 0 Å². The van der Waals surface area contributed by atoms with Crippen LogP contribution in [-0.2, 0) is 4.79 Å². The number of hydrogen-bond donors (Lipinski definition) is 1. The summed E-state index contributed by atoms with van der Waals surface area (Å²) in [6, 6.07) is 0. The van der Waals surface area contributed by atoms with Crippen LogP contribution in [0.1, 0.15) is 27.7 Å². The zero-order valence-electron chi connectivity index (χ0n) is 7.43. The third-order valence-electron chi connectivity index (χ3n) is 2.28. The highest BCUT2D eigenvalue weighted by Crippen LogP contribution is 2.24. The number of aliphatic imine (C=N–C) groups is 1. The molecule has 62 valence electrons. The van der Waals surface area contributed by atoms with Crippen molar-refractivity contribution >= 4 is 11.7 Å². The van der Waals surface area contributed by atoms with E-state index in [1.165, 1.54) is 0 Å². The van der Waals surface area contributed by atoms with Crippen LogP contribution in [0.15, 0.2) is 4.99 Å². The zero-order valence-corrected chi connectivity index (χ0v) is 7.43. The molecule has 1 amide bonds. The molecule has 3 heteroatoms. The molecule has 0 aromatic carbocycles. The smallest absolute Gasteiger partial charge is 0.253 e. The third-order valence-corrected chi connectivity index (χ3v) is 2.28. The number of nitrogens with zero attached hydrogens (tertiary/aromatic N) is 1. The van der Waals surface area contributed by atoms with Crippen molar-refractivity contribution in [3.05, 3.63) is 0 Å². The lowest BCUT2D eigenvalue weighted by atomic mass is 9.89. The molecule has 1 aliphatic heterocycles. The molecular weight excluding hydrogens is 140 g/mol. The Bertz CT molecular complexity index is 220. The van der Waals surface area contributed by atoms with Gasteiger partial charge in [0.05, 0.1) is 0 Å². The predicted octanol–water partition coefficient (Wildman–Crippen LogP) is 0.949. The summed E-state index contributed by atoms with van der Waals surface area (Å²) in [5.74, 6) is 0.996. The summed E-state index contributed by atoms with van der Waals surface area (Å²) in [7, 11) is 0. The molecule has 1 atom stereocenters. The van der Waals surface area contributed by atoms with Crippen molar-refractivity contribution in [1.29, 1.82) is 0 Å². The van der Waals surface area contributed by atoms with Gasteiger partial charge < -0.3 is 5.32 Å². The molecule has 0 saturated heterocycles. The molecule has 1 N–H and O–H groups in total. The van der Waals surface area contributed by atoms with Gasteiger partial charge in [-0.15, -0.1) is 0 Å². The van der Waals surface area contributed by atoms with Gasteiger partial charge in [0.15, 0.2) is 0 Å². The Morgan fingerprint density at radius 2 is 2.09 bits per heavy atom. The van der Waals surface area contributed by atoms with Gasteiger partial charge in [-0.2, -0.15) is 0 Å². The van der Waals surface area contributed by atoms with Crippen LogP contribution in [-0.4, -0.2) is 17.3 Å². The fourth-order valence-electron chi connectivity index (χ4n) is 1.11. The van der Waals surface area contributed by atoms with Gasteiger partial charge in [0, 0.05) is 0 Å². The number of rotatable bonds is 1. The van der Waals surface area contributed by atoms with Crippen molar-refractivity contribution in [2.75, 3.05) is 0 Å². The molecule has 0 fully saturated rings. The minimum Gasteiger partial charge on any atom is -0.313 e. The van der Waals surface area contributed by atoms with E-state index in [1.54, 1.807) is 0 Å². The lowest BCUT2D eigenvalue weighted by Gasteiger charge is -2.21. The zero-order chi connectivity index (χ0) is 8.65. The fraction of sp³-hybridized carbons (Fsp3) is 0.750. The number of hydrogen-bond acceptors (Lipinski definition) is 2. The SMILES string of the molecule is CC1=NC(C)(C(C)C)C(=O)N1. The standard InChI is InChI=1S/C8H14N2O/c1-5(2)8(4)7(11)9-6(3)10-8/h5H,1-4H3,(H,9,10,11). The summed E-state index contributed by atoms with van der Waals surface area (Å²) >= 11 is 0. The normalized spacial score (nSPS) is 30.6. The predicted molar refractivity (Wildman–Crippen MR) is 44.5 cm³/mol. The molecule has 1 aliphatic rings. The number of nitrogens with one attached hydrogen (secondary N) is 1. The van der Waals surface area contributed by atoms with Gasteiger partial charge in [0.2, 0.25) is 0 Å². The number of amides is 1. The Balaban J connectivity index is 2.94. The molecule has 3 nitrogen and oxygen atoms in total. The van der Waals surface area contributed by atoms with Crippen LogP contribution in [0.3, 0.4) is 0 Å². The van der Waals surface area contributed by atoms with Gasteiger partial charge in [-0.25, -0.2) is 0 Å². The molecule has 0 bridgehead atoms. The van der Waals surface area contributed by atoms with Crippen molar-refractivity contribution in [1.82, 2.24) is 5.32 Å². The third kappa shape index (κ3) is 1.15. The molecule has 11 heavy (non-hydrogen) atoms. The molecule has 1 heterocycles. The van der Waals surface area contributed by atoms with Crippen molar-refractivity contribution in [2.45, 2.75) is 33.2 Å². The first-order valence-electron chi connectivity index (χ1n) is 3.84. The van der Waals surface area contributed by atoms with Crippen LogP contribution in [0, 0.1) is 5.92 Å². The largest absolute Gasteiger partial charge is 0.313 e. The van der Waals surface area contributed by atoms with Crippen LogP contribution >= 0.6 is 0 Å². The molecule has 1 unspecified atom stereocenters. The maximum Gasteiger partial charge on any atom is 0.253 e. The van der Waals surface area contributed by atoms with E-state index in [0.29, 0.717) is 0 Å². The van der Waals surface area contributed by atoms with E-state index in [1.807, 2.05) is 27.7 Å². The molecule has 0 aromatic heterocycles. The molecule has 0 radical (unpaired) electrons. The number of carbonyl (C=O) groups excluding carboxylic acids is 1. The Morgan fingerprint density at radius 1 is 1.55 bits per heavy atom. The highest BCUT2D eigenvalue weighted by molar-refractivity contribution is 6.07. The van der Waals surface area contributed by atoms with E-state index in [2.05, 4.69) is 10.3 Å². The summed E-state index contributed by atoms with van der Waals surface area (Å²) in [5, 5.41) is 2.70. The van der Waals surface area contributed by atoms with E-state index in [4.69, 9.17) is 0 Å². The first-order chi connectivity index (χ1) is 4.97. The average molecular weight is 154 g/mol. The van der Waals surface area contributed by atoms with Crippen LogP contribution in [0.2, 0.25) is 0 Å². The maximum atomic E-state index is 11.3. The second-order valence-electron chi connectivity index (χ2n) is 3.45. The second-order valence-corrected chi connectivity index (χ2v) is 3.45. The summed E-state index contributed by atoms with van der Waals surface area (Å²) in [5.41, 5.74) is -0.538. The Kier molecular flexibility index (Phi) is 1.74. The van der Waals surface area contributed by atoms with E-state index < -0.39 is 5.54 Å². The van der Waals surface area contributed by atoms with E-state index in [0.717, 1.165) is 5.84 Å². The van der Waals surface area contributed by atoms with Crippen LogP contribution in [0.25, 0.3) is 0 Å². The highest BCUT2D eigenvalue weighted by atomic mass is 16.2. The van der Waals surface area contributed by atoms with Crippen molar-refractivity contribution in [3.63, 3.8) is 0 Å². The first-order valence-corrected chi connectivity index (χ1v) is 3.84. The monoisotopic (exact) mass is 154 g/mol. The van der Waals surface area contributed by atoms with Gasteiger partial charge >= 0.3 is 0 Å². The molecule has 0 aromatic rings. The molecular formula is C8H14N2O. The van der Waals surface area contributed by atoms with E-state index in [9.17, 15) is 4.79 Å². The Morgan fingerprint density at radius 3 is 2.27 bits per heavy atom. The van der Waals surface area contributed by atoms with Crippen LogP contribution in [0.4, 0.5) is 0 Å². The van der Waals surface area contributed by atoms with E-state index >= 15 is 0 Å². The van der Waals surface area contributed by atoms with Gasteiger partial charge in [0.25, 0.3) is 5.91 Å². The minimum absolute atomic E-state index is 0.0185. The van der Waals surface area contributed by atoms with Gasteiger partial charge in [-0.3, -0.25) is 9.79 Å². The summed E-state index contributed by atoms with van der Waals surface area (Å²) in [6.45, 7) is 7.68. The first kappa shape index (κ1) is 8.24. The Hall–Kier alpha value is -0.860. The summed E-state index contributed by atoms with van der Waals surface area (Å²) in [4.78, 5) is 15.6. The number of amidine groups is 1. The fourth-order valence-corrected chi connectivity index (χ4v) is 1.11. The maximum absolute atomic E-state index is 11.3. The number of carbonyl (C=O) groups is 1. The van der Waals surface area contributed by atoms with Gasteiger partial charge in [0.1, 0.15) is 11.4 Å². The van der Waals surface area contributed by atoms with Crippen molar-refractivity contribution < 1.29 is 4.79 Å². The lowest BCUT2D eigenvalue weighted by Crippen LogP contribution is -2.40. The van der Waals surface area contributed by atoms with E-state index in [-0.39, 0.29) is 11.8 Å². The average Bonchev–Trinajstić information content (AvgIpc) is 2.08. The van der Waals surface area contributed by atoms with Crippen LogP contribution < -0.4 is 5.32 Å². The minimum atomic E-state index is -0.538. The molecule has 0 spiro atoms. The quantitative estimate of drug-likeness (QED) is 0.600. The molecule has 1 rings (SSSR count). The van der Waals surface area contributed by atoms with Gasteiger partial charge in [-0.1, -0.05) is 13.8 Å². The van der Waals surface area contributed by atoms with Gasteiger partial charge in [-0.05, 0) is 19.8 Å².